The number of carbonyl (C=O) groups excluding carboxylic acids is 1. The molecule has 0 saturated carbocycles. The molecule has 0 aliphatic carbocycles. The van der Waals surface area contributed by atoms with E-state index in [9.17, 15) is 13.2 Å². The lowest BCUT2D eigenvalue weighted by Gasteiger charge is -2.24. The normalized spacial score (nSPS) is 11.6. The Bertz CT molecular complexity index is 1220. The molecule has 0 aliphatic heterocycles. The van der Waals surface area contributed by atoms with Crippen molar-refractivity contribution in [3.8, 4) is 0 Å². The number of aryl methyl sites for hydroxylation is 3. The zero-order valence-corrected chi connectivity index (χ0v) is 22.9. The number of hydrogen-bond acceptors (Lipinski definition) is 6. The van der Waals surface area contributed by atoms with E-state index in [4.69, 9.17) is 4.98 Å². The number of rotatable bonds is 10. The van der Waals surface area contributed by atoms with Gasteiger partial charge in [0.2, 0.25) is 5.91 Å². The van der Waals surface area contributed by atoms with E-state index in [1.165, 1.54) is 11.3 Å². The van der Waals surface area contributed by atoms with E-state index >= 15 is 0 Å². The van der Waals surface area contributed by atoms with E-state index in [0.717, 1.165) is 40.0 Å². The van der Waals surface area contributed by atoms with E-state index in [2.05, 4.69) is 30.9 Å². The van der Waals surface area contributed by atoms with Crippen LogP contribution in [-0.4, -0.2) is 56.1 Å². The van der Waals surface area contributed by atoms with Crippen molar-refractivity contribution in [1.82, 2.24) is 9.88 Å². The van der Waals surface area contributed by atoms with Crippen molar-refractivity contribution in [1.29, 1.82) is 0 Å². The van der Waals surface area contributed by atoms with Crippen LogP contribution < -0.4 is 4.90 Å². The van der Waals surface area contributed by atoms with Crippen molar-refractivity contribution in [3.05, 3.63) is 53.1 Å². The maximum absolute atomic E-state index is 13.3. The molecule has 1 aromatic heterocycles. The summed E-state index contributed by atoms with van der Waals surface area (Å²) in [6, 6.07) is 10.9. The molecule has 1 heterocycles. The SMILES string of the molecule is CCN(CC)CCN(C(=O)CCS(=O)(=O)c1ccc(C)cc1)c1nc2c(C)cc(C)cc2s1.Cl. The van der Waals surface area contributed by atoms with Gasteiger partial charge in [-0.1, -0.05) is 48.9 Å². The highest BCUT2D eigenvalue weighted by molar-refractivity contribution is 7.91. The molecule has 0 radical (unpaired) electrons. The highest BCUT2D eigenvalue weighted by Crippen LogP contribution is 2.32. The van der Waals surface area contributed by atoms with Crippen LogP contribution in [0.4, 0.5) is 5.13 Å². The second-order valence-corrected chi connectivity index (χ2v) is 11.5. The molecule has 6 nitrogen and oxygen atoms in total. The molecule has 3 aromatic rings. The Morgan fingerprint density at radius 3 is 2.24 bits per heavy atom. The molecule has 0 bridgehead atoms. The van der Waals surface area contributed by atoms with E-state index in [1.54, 1.807) is 29.2 Å². The molecular weight excluding hydrogens is 490 g/mol. The van der Waals surface area contributed by atoms with Gasteiger partial charge < -0.3 is 4.90 Å². The zero-order chi connectivity index (χ0) is 24.2. The number of halogens is 1. The van der Waals surface area contributed by atoms with Crippen molar-refractivity contribution in [2.45, 2.75) is 45.9 Å². The number of fused-ring (bicyclic) bond motifs is 1. The van der Waals surface area contributed by atoms with Crippen LogP contribution in [0.1, 0.15) is 37.0 Å². The highest BCUT2D eigenvalue weighted by atomic mass is 35.5. The predicted molar refractivity (Wildman–Crippen MR) is 144 cm³/mol. The summed E-state index contributed by atoms with van der Waals surface area (Å²) in [5.74, 6) is -0.439. The Hall–Kier alpha value is -2.00. The first-order valence-corrected chi connectivity index (χ1v) is 13.8. The Labute approximate surface area is 213 Å². The summed E-state index contributed by atoms with van der Waals surface area (Å²) in [5.41, 5.74) is 4.12. The molecular formula is C25H34ClN3O3S2. The number of carbonyl (C=O) groups is 1. The van der Waals surface area contributed by atoms with Gasteiger partial charge in [-0.2, -0.15) is 0 Å². The van der Waals surface area contributed by atoms with Gasteiger partial charge in [0.1, 0.15) is 0 Å². The fraction of sp³-hybridized carbons (Fsp3) is 0.440. The molecule has 0 aliphatic rings. The molecule has 0 spiro atoms. The molecule has 186 valence electrons. The zero-order valence-electron chi connectivity index (χ0n) is 20.5. The molecule has 0 unspecified atom stereocenters. The van der Waals surface area contributed by atoms with Crippen molar-refractivity contribution >= 4 is 54.8 Å². The summed E-state index contributed by atoms with van der Waals surface area (Å²) in [4.78, 5) is 22.2. The number of aromatic nitrogens is 1. The first kappa shape index (κ1) is 28.2. The molecule has 0 saturated heterocycles. The molecule has 1 amide bonds. The first-order chi connectivity index (χ1) is 15.6. The van der Waals surface area contributed by atoms with E-state index < -0.39 is 9.84 Å². The van der Waals surface area contributed by atoms with Crippen molar-refractivity contribution in [2.24, 2.45) is 0 Å². The van der Waals surface area contributed by atoms with Crippen molar-refractivity contribution in [3.63, 3.8) is 0 Å². The number of hydrogen-bond donors (Lipinski definition) is 0. The van der Waals surface area contributed by atoms with Gasteiger partial charge in [0, 0.05) is 19.5 Å². The second kappa shape index (κ2) is 12.1. The van der Waals surface area contributed by atoms with Gasteiger partial charge in [0.05, 0.1) is 20.9 Å². The van der Waals surface area contributed by atoms with Gasteiger partial charge in [-0.3, -0.25) is 9.69 Å². The quantitative estimate of drug-likeness (QED) is 0.366. The summed E-state index contributed by atoms with van der Waals surface area (Å²) in [5, 5.41) is 0.628. The Balaban J connectivity index is 0.00000408. The Morgan fingerprint density at radius 2 is 1.62 bits per heavy atom. The first-order valence-electron chi connectivity index (χ1n) is 11.3. The molecule has 0 atom stereocenters. The lowest BCUT2D eigenvalue weighted by Crippen LogP contribution is -2.39. The molecule has 0 N–H and O–H groups in total. The number of amides is 1. The van der Waals surface area contributed by atoms with Gasteiger partial charge in [-0.15, -0.1) is 12.4 Å². The van der Waals surface area contributed by atoms with Gasteiger partial charge in [-0.25, -0.2) is 13.4 Å². The largest absolute Gasteiger partial charge is 0.302 e. The van der Waals surface area contributed by atoms with Crippen LogP contribution in [0.2, 0.25) is 0 Å². The maximum Gasteiger partial charge on any atom is 0.229 e. The number of likely N-dealkylation sites (N-methyl/N-ethyl adjacent to an activating group) is 1. The summed E-state index contributed by atoms with van der Waals surface area (Å²) < 4.78 is 26.6. The van der Waals surface area contributed by atoms with Gasteiger partial charge in [-0.05, 0) is 63.2 Å². The fourth-order valence-electron chi connectivity index (χ4n) is 3.80. The Kier molecular flexibility index (Phi) is 10.1. The predicted octanol–water partition coefficient (Wildman–Crippen LogP) is 5.18. The third-order valence-corrected chi connectivity index (χ3v) is 8.61. The second-order valence-electron chi connectivity index (χ2n) is 8.38. The molecule has 0 fully saturated rings. The maximum atomic E-state index is 13.3. The number of sulfone groups is 1. The Morgan fingerprint density at radius 1 is 0.971 bits per heavy atom. The average Bonchev–Trinajstić information content (AvgIpc) is 3.19. The van der Waals surface area contributed by atoms with Gasteiger partial charge >= 0.3 is 0 Å². The van der Waals surface area contributed by atoms with E-state index in [1.807, 2.05) is 20.8 Å². The average molecular weight is 524 g/mol. The molecule has 9 heteroatoms. The van der Waals surface area contributed by atoms with Crippen LogP contribution in [0.15, 0.2) is 41.3 Å². The van der Waals surface area contributed by atoms with Crippen LogP contribution in [-0.2, 0) is 14.6 Å². The lowest BCUT2D eigenvalue weighted by molar-refractivity contribution is -0.118. The molecule has 2 aromatic carbocycles. The number of benzene rings is 2. The number of thiazole rings is 1. The minimum atomic E-state index is -3.54. The fourth-order valence-corrected chi connectivity index (χ4v) is 6.22. The number of anilines is 1. The summed E-state index contributed by atoms with van der Waals surface area (Å²) >= 11 is 1.49. The third kappa shape index (κ3) is 6.78. The van der Waals surface area contributed by atoms with E-state index in [0.29, 0.717) is 18.2 Å². The van der Waals surface area contributed by atoms with Gasteiger partial charge in [0.15, 0.2) is 15.0 Å². The van der Waals surface area contributed by atoms with Crippen LogP contribution in [0.3, 0.4) is 0 Å². The summed E-state index contributed by atoms with van der Waals surface area (Å²) in [7, 11) is -3.54. The summed E-state index contributed by atoms with van der Waals surface area (Å²) in [6.45, 7) is 13.1. The summed E-state index contributed by atoms with van der Waals surface area (Å²) in [6.07, 6.45) is -0.0810. The van der Waals surface area contributed by atoms with Crippen molar-refractivity contribution < 1.29 is 13.2 Å². The van der Waals surface area contributed by atoms with Crippen LogP contribution in [0.25, 0.3) is 10.2 Å². The minimum absolute atomic E-state index is 0. The standard InChI is InChI=1S/C25H33N3O3S2.ClH/c1-6-27(7-2)13-14-28(25-26-24-20(5)16-19(4)17-22(24)32-25)23(29)12-15-33(30,31)21-10-8-18(3)9-11-21;/h8-11,16-17H,6-7,12-15H2,1-5H3;1H. The van der Waals surface area contributed by atoms with Crippen LogP contribution in [0, 0.1) is 20.8 Å². The van der Waals surface area contributed by atoms with E-state index in [-0.39, 0.29) is 35.4 Å². The third-order valence-electron chi connectivity index (χ3n) is 5.85. The molecule has 3 rings (SSSR count). The minimum Gasteiger partial charge on any atom is -0.302 e. The van der Waals surface area contributed by atoms with Crippen molar-refractivity contribution in [2.75, 3.05) is 36.8 Å². The lowest BCUT2D eigenvalue weighted by atomic mass is 10.1. The molecule has 34 heavy (non-hydrogen) atoms. The monoisotopic (exact) mass is 523 g/mol. The highest BCUT2D eigenvalue weighted by Gasteiger charge is 2.24. The van der Waals surface area contributed by atoms with Crippen LogP contribution in [0.5, 0.6) is 0 Å². The van der Waals surface area contributed by atoms with Gasteiger partial charge in [0.25, 0.3) is 0 Å². The van der Waals surface area contributed by atoms with Crippen LogP contribution >= 0.6 is 23.7 Å². The number of nitrogens with zero attached hydrogens (tertiary/aromatic N) is 3. The topological polar surface area (TPSA) is 70.6 Å². The smallest absolute Gasteiger partial charge is 0.229 e.